The van der Waals surface area contributed by atoms with Gasteiger partial charge in [-0.1, -0.05) is 24.3 Å². The van der Waals surface area contributed by atoms with Gasteiger partial charge in [0.25, 0.3) is 0 Å². The minimum absolute atomic E-state index is 0.360. The minimum Gasteiger partial charge on any atom is -0.439 e. The molecule has 0 unspecified atom stereocenters. The highest BCUT2D eigenvalue weighted by Crippen LogP contribution is 2.23. The molecule has 0 bridgehead atoms. The van der Waals surface area contributed by atoms with E-state index < -0.39 is 0 Å². The molecular weight excluding hydrogens is 349 g/mol. The number of aryl methyl sites for hydroxylation is 1. The number of nitrogens with zero attached hydrogens (tertiary/aromatic N) is 1. The smallest absolute Gasteiger partial charge is 0.224 e. The van der Waals surface area contributed by atoms with Gasteiger partial charge in [0.15, 0.2) is 5.11 Å². The lowest BCUT2D eigenvalue weighted by Crippen LogP contribution is -2.28. The molecule has 0 spiro atoms. The van der Waals surface area contributed by atoms with Gasteiger partial charge in [0.1, 0.15) is 11.6 Å². The highest BCUT2D eigenvalue weighted by atomic mass is 32.1. The zero-order valence-electron chi connectivity index (χ0n) is 14.2. The van der Waals surface area contributed by atoms with Crippen molar-refractivity contribution in [3.8, 4) is 11.6 Å². The van der Waals surface area contributed by atoms with E-state index in [1.54, 1.807) is 18.3 Å². The van der Waals surface area contributed by atoms with E-state index in [4.69, 9.17) is 17.0 Å². The van der Waals surface area contributed by atoms with Gasteiger partial charge in [-0.2, -0.15) is 0 Å². The van der Waals surface area contributed by atoms with Crippen LogP contribution in [0.1, 0.15) is 11.1 Å². The summed E-state index contributed by atoms with van der Waals surface area (Å²) in [5, 5.41) is 6.77. The number of thiocarbonyl (C=S) groups is 1. The van der Waals surface area contributed by atoms with Crippen LogP contribution in [0, 0.1) is 12.7 Å². The molecule has 2 N–H and O–H groups in total. The lowest BCUT2D eigenvalue weighted by Gasteiger charge is -2.13. The van der Waals surface area contributed by atoms with Crippen molar-refractivity contribution >= 4 is 23.0 Å². The molecule has 0 aliphatic carbocycles. The molecule has 0 atom stereocenters. The molecule has 4 nitrogen and oxygen atoms in total. The summed E-state index contributed by atoms with van der Waals surface area (Å²) in [4.78, 5) is 4.23. The van der Waals surface area contributed by atoms with Crippen LogP contribution >= 0.6 is 12.2 Å². The Morgan fingerprint density at radius 1 is 1.12 bits per heavy atom. The third-order valence-corrected chi connectivity index (χ3v) is 3.82. The molecule has 26 heavy (non-hydrogen) atoms. The Bertz CT molecular complexity index is 917. The Balaban J connectivity index is 1.64. The number of rotatable bonds is 5. The van der Waals surface area contributed by atoms with Gasteiger partial charge in [-0.15, -0.1) is 0 Å². The molecule has 0 aliphatic rings. The van der Waals surface area contributed by atoms with Crippen LogP contribution in [0.15, 0.2) is 66.9 Å². The normalized spacial score (nSPS) is 10.2. The minimum atomic E-state index is -0.360. The Morgan fingerprint density at radius 3 is 2.77 bits per heavy atom. The second-order valence-electron chi connectivity index (χ2n) is 5.70. The number of benzene rings is 2. The van der Waals surface area contributed by atoms with Crippen molar-refractivity contribution in [1.82, 2.24) is 10.3 Å². The van der Waals surface area contributed by atoms with Crippen molar-refractivity contribution in [3.63, 3.8) is 0 Å². The molecule has 132 valence electrons. The molecule has 0 fully saturated rings. The quantitative estimate of drug-likeness (QED) is 0.634. The largest absolute Gasteiger partial charge is 0.439 e. The van der Waals surface area contributed by atoms with Gasteiger partial charge in [-0.05, 0) is 55.0 Å². The topological polar surface area (TPSA) is 46.2 Å². The van der Waals surface area contributed by atoms with E-state index in [0.29, 0.717) is 23.3 Å². The molecule has 2 aromatic carbocycles. The highest BCUT2D eigenvalue weighted by Gasteiger charge is 2.08. The summed E-state index contributed by atoms with van der Waals surface area (Å²) in [5.41, 5.74) is 2.88. The first-order valence-corrected chi connectivity index (χ1v) is 8.50. The van der Waals surface area contributed by atoms with Crippen LogP contribution in [0.25, 0.3) is 0 Å². The number of anilines is 1. The van der Waals surface area contributed by atoms with Gasteiger partial charge in [-0.3, -0.25) is 0 Å². The molecule has 1 heterocycles. The maximum absolute atomic E-state index is 13.3. The van der Waals surface area contributed by atoms with Gasteiger partial charge in [0.05, 0.1) is 0 Å². The summed E-state index contributed by atoms with van der Waals surface area (Å²) >= 11 is 5.34. The Hall–Kier alpha value is -2.99. The molecule has 1 aromatic heterocycles. The summed E-state index contributed by atoms with van der Waals surface area (Å²) in [6, 6.07) is 17.6. The number of hydrogen-bond donors (Lipinski definition) is 2. The van der Waals surface area contributed by atoms with Crippen molar-refractivity contribution in [1.29, 1.82) is 0 Å². The number of pyridine rings is 1. The third kappa shape index (κ3) is 5.00. The Kier molecular flexibility index (Phi) is 5.76. The third-order valence-electron chi connectivity index (χ3n) is 3.58. The summed E-state index contributed by atoms with van der Waals surface area (Å²) < 4.78 is 19.0. The molecule has 0 aliphatic heterocycles. The van der Waals surface area contributed by atoms with Gasteiger partial charge in [0.2, 0.25) is 5.88 Å². The number of aromatic nitrogens is 1. The Morgan fingerprint density at radius 2 is 1.96 bits per heavy atom. The number of ether oxygens (including phenoxy) is 1. The van der Waals surface area contributed by atoms with Crippen LogP contribution < -0.4 is 15.4 Å². The van der Waals surface area contributed by atoms with Crippen molar-refractivity contribution < 1.29 is 9.13 Å². The number of hydrogen-bond acceptors (Lipinski definition) is 3. The van der Waals surface area contributed by atoms with Crippen LogP contribution in [0.2, 0.25) is 0 Å². The highest BCUT2D eigenvalue weighted by molar-refractivity contribution is 7.80. The number of nitrogens with one attached hydrogen (secondary N) is 2. The first kappa shape index (κ1) is 17.8. The lowest BCUT2D eigenvalue weighted by atomic mass is 10.2. The second-order valence-corrected chi connectivity index (χ2v) is 6.11. The SMILES string of the molecule is Cc1cccc(NC(=S)NCc2cccnc2Oc2cccc(F)c2)c1. The summed E-state index contributed by atoms with van der Waals surface area (Å²) in [6.45, 7) is 2.45. The number of halogens is 1. The van der Waals surface area contributed by atoms with E-state index in [-0.39, 0.29) is 5.82 Å². The van der Waals surface area contributed by atoms with Crippen LogP contribution in [0.3, 0.4) is 0 Å². The maximum Gasteiger partial charge on any atom is 0.224 e. The standard InChI is InChI=1S/C20H18FN3OS/c1-14-5-2-8-17(11-14)24-20(26)23-13-15-6-4-10-22-19(15)25-18-9-3-7-16(21)12-18/h2-12H,13H2,1H3,(H2,23,24,26). The fourth-order valence-corrected chi connectivity index (χ4v) is 2.56. The van der Waals surface area contributed by atoms with Gasteiger partial charge in [0, 0.05) is 30.1 Å². The van der Waals surface area contributed by atoms with E-state index in [2.05, 4.69) is 15.6 Å². The second kappa shape index (κ2) is 8.40. The summed E-state index contributed by atoms with van der Waals surface area (Å²) in [6.07, 6.45) is 1.63. The molecule has 3 aromatic rings. The van der Waals surface area contributed by atoms with Crippen LogP contribution in [-0.4, -0.2) is 10.1 Å². The monoisotopic (exact) mass is 367 g/mol. The molecule has 0 amide bonds. The first-order chi connectivity index (χ1) is 12.6. The summed E-state index contributed by atoms with van der Waals surface area (Å²) in [5.74, 6) is 0.441. The zero-order valence-corrected chi connectivity index (χ0v) is 15.0. The predicted octanol–water partition coefficient (Wildman–Crippen LogP) is 4.81. The maximum atomic E-state index is 13.3. The van der Waals surface area contributed by atoms with Crippen molar-refractivity contribution in [3.05, 3.63) is 83.8 Å². The Labute approximate surface area is 157 Å². The van der Waals surface area contributed by atoms with Crippen LogP contribution in [0.5, 0.6) is 11.6 Å². The average molecular weight is 367 g/mol. The van der Waals surface area contributed by atoms with E-state index in [0.717, 1.165) is 16.8 Å². The van der Waals surface area contributed by atoms with Crippen molar-refractivity contribution in [2.45, 2.75) is 13.5 Å². The zero-order chi connectivity index (χ0) is 18.4. The van der Waals surface area contributed by atoms with E-state index >= 15 is 0 Å². The predicted molar refractivity (Wildman–Crippen MR) is 105 cm³/mol. The first-order valence-electron chi connectivity index (χ1n) is 8.09. The van der Waals surface area contributed by atoms with Gasteiger partial charge < -0.3 is 15.4 Å². The van der Waals surface area contributed by atoms with Gasteiger partial charge in [-0.25, -0.2) is 9.37 Å². The summed E-state index contributed by atoms with van der Waals surface area (Å²) in [7, 11) is 0. The molecule has 6 heteroatoms. The fraction of sp³-hybridized carbons (Fsp3) is 0.100. The van der Waals surface area contributed by atoms with Crippen LogP contribution in [0.4, 0.5) is 10.1 Å². The molecule has 0 saturated carbocycles. The fourth-order valence-electron chi connectivity index (χ4n) is 2.37. The van der Waals surface area contributed by atoms with Gasteiger partial charge >= 0.3 is 0 Å². The molecule has 3 rings (SSSR count). The molecular formula is C20H18FN3OS. The van der Waals surface area contributed by atoms with E-state index in [1.807, 2.05) is 43.3 Å². The van der Waals surface area contributed by atoms with Crippen molar-refractivity contribution in [2.75, 3.05) is 5.32 Å². The van der Waals surface area contributed by atoms with E-state index in [9.17, 15) is 4.39 Å². The van der Waals surface area contributed by atoms with E-state index in [1.165, 1.54) is 12.1 Å². The van der Waals surface area contributed by atoms with Crippen molar-refractivity contribution in [2.24, 2.45) is 0 Å². The lowest BCUT2D eigenvalue weighted by molar-refractivity contribution is 0.451. The molecule has 0 radical (unpaired) electrons. The van der Waals surface area contributed by atoms with Crippen LogP contribution in [-0.2, 0) is 6.54 Å². The average Bonchev–Trinajstić information content (AvgIpc) is 2.61. The molecule has 0 saturated heterocycles.